The first-order valence-electron chi connectivity index (χ1n) is 7.36. The van der Waals surface area contributed by atoms with Gasteiger partial charge in [-0.3, -0.25) is 0 Å². The highest BCUT2D eigenvalue weighted by Gasteiger charge is 2.36. The molecular formula is C17H19F3O4S2. The van der Waals surface area contributed by atoms with Crippen LogP contribution in [0.3, 0.4) is 0 Å². The summed E-state index contributed by atoms with van der Waals surface area (Å²) in [4.78, 5) is 2.59. The molecule has 0 atom stereocenters. The van der Waals surface area contributed by atoms with Crippen molar-refractivity contribution < 1.29 is 30.9 Å². The SMILES string of the molecule is CC(C)(C)Oc1ccc([SH+]c2ccccc2)cc1.O=S(=O)([O-])C(F)(F)F. The first-order chi connectivity index (χ1) is 11.8. The summed E-state index contributed by atoms with van der Waals surface area (Å²) in [6.07, 6.45) is 0. The molecule has 0 unspecified atom stereocenters. The van der Waals surface area contributed by atoms with Gasteiger partial charge in [0.1, 0.15) is 11.4 Å². The van der Waals surface area contributed by atoms with Gasteiger partial charge in [0.15, 0.2) is 19.9 Å². The highest BCUT2D eigenvalue weighted by molar-refractivity contribution is 7.86. The van der Waals surface area contributed by atoms with Gasteiger partial charge >= 0.3 is 5.51 Å². The Hall–Kier alpha value is -1.71. The van der Waals surface area contributed by atoms with Crippen LogP contribution in [0.25, 0.3) is 0 Å². The Bertz CT molecular complexity index is 781. The second kappa shape index (κ2) is 8.79. The third-order valence-corrected chi connectivity index (χ3v) is 4.24. The summed E-state index contributed by atoms with van der Waals surface area (Å²) < 4.78 is 64.7. The van der Waals surface area contributed by atoms with E-state index in [1.54, 1.807) is 0 Å². The molecule has 0 saturated heterocycles. The molecule has 0 bridgehead atoms. The predicted molar refractivity (Wildman–Crippen MR) is 94.3 cm³/mol. The monoisotopic (exact) mass is 408 g/mol. The Morgan fingerprint density at radius 2 is 1.31 bits per heavy atom. The van der Waals surface area contributed by atoms with E-state index in [4.69, 9.17) is 17.7 Å². The van der Waals surface area contributed by atoms with Crippen molar-refractivity contribution in [2.75, 3.05) is 0 Å². The number of halogens is 3. The number of ether oxygens (including phenoxy) is 1. The summed E-state index contributed by atoms with van der Waals surface area (Å²) >= 11 is 1.23. The van der Waals surface area contributed by atoms with Crippen LogP contribution in [-0.2, 0) is 21.9 Å². The van der Waals surface area contributed by atoms with Crippen LogP contribution in [0.5, 0.6) is 5.75 Å². The quantitative estimate of drug-likeness (QED) is 0.331. The molecule has 0 heterocycles. The minimum Gasteiger partial charge on any atom is -0.741 e. The zero-order valence-corrected chi connectivity index (χ0v) is 16.0. The van der Waals surface area contributed by atoms with E-state index >= 15 is 0 Å². The molecule has 0 aliphatic rings. The molecule has 0 aromatic heterocycles. The van der Waals surface area contributed by atoms with Crippen LogP contribution in [0.15, 0.2) is 64.4 Å². The summed E-state index contributed by atoms with van der Waals surface area (Å²) in [6.45, 7) is 6.18. The number of hydrogen-bond acceptors (Lipinski definition) is 4. The molecule has 144 valence electrons. The minimum absolute atomic E-state index is 0.140. The molecule has 2 aromatic rings. The van der Waals surface area contributed by atoms with Crippen LogP contribution in [0, 0.1) is 0 Å². The Labute approximate surface area is 155 Å². The maximum absolute atomic E-state index is 10.7. The Kier molecular flexibility index (Phi) is 7.55. The van der Waals surface area contributed by atoms with Gasteiger partial charge in [-0.25, -0.2) is 8.42 Å². The first kappa shape index (κ1) is 22.3. The van der Waals surface area contributed by atoms with E-state index in [9.17, 15) is 13.2 Å². The molecule has 2 rings (SSSR count). The standard InChI is InChI=1S/C16H18OS.CHF3O3S/c1-16(2,3)17-13-9-11-15(12-10-13)18-14-7-5-4-6-8-14;2-1(3,4)8(5,6)7/h4-12H,1-3H3;(H,5,6,7). The van der Waals surface area contributed by atoms with E-state index in [1.807, 2.05) is 18.2 Å². The fourth-order valence-corrected chi connectivity index (χ4v) is 2.51. The molecule has 4 nitrogen and oxygen atoms in total. The fourth-order valence-electron chi connectivity index (χ4n) is 1.59. The summed E-state index contributed by atoms with van der Waals surface area (Å²) in [5.41, 5.74) is -5.79. The second-order valence-corrected chi connectivity index (χ2v) is 8.68. The number of rotatable bonds is 3. The first-order valence-corrected chi connectivity index (χ1v) is 9.66. The third kappa shape index (κ3) is 8.59. The summed E-state index contributed by atoms with van der Waals surface area (Å²) in [6, 6.07) is 18.8. The summed E-state index contributed by atoms with van der Waals surface area (Å²) in [7, 11) is -6.09. The Morgan fingerprint density at radius 3 is 1.69 bits per heavy atom. The highest BCUT2D eigenvalue weighted by Crippen LogP contribution is 2.21. The number of hydrogen-bond donors (Lipinski definition) is 0. The van der Waals surface area contributed by atoms with Crippen LogP contribution in [-0.4, -0.2) is 24.1 Å². The lowest BCUT2D eigenvalue weighted by atomic mass is 10.2. The topological polar surface area (TPSA) is 66.4 Å². The van der Waals surface area contributed by atoms with Gasteiger partial charge in [0.2, 0.25) is 0 Å². The van der Waals surface area contributed by atoms with E-state index in [0.29, 0.717) is 0 Å². The molecular weight excluding hydrogens is 389 g/mol. The lowest BCUT2D eigenvalue weighted by molar-refractivity contribution is -0.0517. The highest BCUT2D eigenvalue weighted by atomic mass is 32.2. The normalized spacial score (nSPS) is 12.1. The van der Waals surface area contributed by atoms with Crippen LogP contribution in [0.1, 0.15) is 20.8 Å². The largest absolute Gasteiger partial charge is 0.741 e. The van der Waals surface area contributed by atoms with Gasteiger partial charge in [-0.1, -0.05) is 18.2 Å². The number of alkyl halides is 3. The van der Waals surface area contributed by atoms with E-state index in [2.05, 4.69) is 57.2 Å². The van der Waals surface area contributed by atoms with Gasteiger partial charge in [0.05, 0.1) is 0 Å². The summed E-state index contributed by atoms with van der Waals surface area (Å²) in [5.74, 6) is 0.925. The lowest BCUT2D eigenvalue weighted by Crippen LogP contribution is -2.22. The molecule has 0 spiro atoms. The third-order valence-electron chi connectivity index (χ3n) is 2.56. The van der Waals surface area contributed by atoms with E-state index < -0.39 is 15.6 Å². The van der Waals surface area contributed by atoms with Gasteiger partial charge in [-0.05, 0) is 57.2 Å². The van der Waals surface area contributed by atoms with Crippen LogP contribution < -0.4 is 4.74 Å². The van der Waals surface area contributed by atoms with Crippen LogP contribution in [0.2, 0.25) is 0 Å². The van der Waals surface area contributed by atoms with Gasteiger partial charge in [0.25, 0.3) is 0 Å². The van der Waals surface area contributed by atoms with Crippen molar-refractivity contribution in [1.29, 1.82) is 0 Å². The van der Waals surface area contributed by atoms with Crippen molar-refractivity contribution in [3.63, 3.8) is 0 Å². The van der Waals surface area contributed by atoms with Crippen molar-refractivity contribution in [2.45, 2.75) is 41.7 Å². The van der Waals surface area contributed by atoms with Crippen molar-refractivity contribution in [2.24, 2.45) is 0 Å². The zero-order chi connectivity index (χ0) is 20.0. The molecule has 0 aliphatic carbocycles. The van der Waals surface area contributed by atoms with Crippen molar-refractivity contribution in [1.82, 2.24) is 0 Å². The van der Waals surface area contributed by atoms with Crippen molar-refractivity contribution >= 4 is 21.9 Å². The molecule has 9 heteroatoms. The molecule has 2 aromatic carbocycles. The molecule has 0 N–H and O–H groups in total. The van der Waals surface area contributed by atoms with Gasteiger partial charge in [0, 0.05) is 11.8 Å². The maximum atomic E-state index is 10.7. The van der Waals surface area contributed by atoms with E-state index in [-0.39, 0.29) is 5.60 Å². The average Bonchev–Trinajstić information content (AvgIpc) is 2.47. The van der Waals surface area contributed by atoms with E-state index in [0.717, 1.165) is 5.75 Å². The fraction of sp³-hybridized carbons (Fsp3) is 0.294. The Balaban J connectivity index is 0.000000359. The van der Waals surface area contributed by atoms with Crippen molar-refractivity contribution in [3.05, 3.63) is 54.6 Å². The van der Waals surface area contributed by atoms with Crippen molar-refractivity contribution in [3.8, 4) is 5.75 Å². The lowest BCUT2D eigenvalue weighted by Gasteiger charge is -2.20. The molecule has 0 saturated carbocycles. The average molecular weight is 408 g/mol. The smallest absolute Gasteiger partial charge is 0.485 e. The second-order valence-electron chi connectivity index (χ2n) is 6.06. The van der Waals surface area contributed by atoms with E-state index in [1.165, 1.54) is 21.6 Å². The molecule has 0 fully saturated rings. The molecule has 0 aliphatic heterocycles. The maximum Gasteiger partial charge on any atom is 0.485 e. The van der Waals surface area contributed by atoms with Gasteiger partial charge < -0.3 is 9.29 Å². The minimum atomic E-state index is -6.09. The predicted octanol–water partition coefficient (Wildman–Crippen LogP) is 4.15. The van der Waals surface area contributed by atoms with Gasteiger partial charge in [-0.15, -0.1) is 0 Å². The van der Waals surface area contributed by atoms with Crippen LogP contribution in [0.4, 0.5) is 13.2 Å². The summed E-state index contributed by atoms with van der Waals surface area (Å²) in [5, 5.41) is 0. The Morgan fingerprint density at radius 1 is 0.885 bits per heavy atom. The molecule has 0 radical (unpaired) electrons. The number of thiol groups is 1. The number of benzene rings is 2. The molecule has 0 amide bonds. The van der Waals surface area contributed by atoms with Crippen LogP contribution >= 0.6 is 0 Å². The molecule has 26 heavy (non-hydrogen) atoms. The van der Waals surface area contributed by atoms with Gasteiger partial charge in [-0.2, -0.15) is 13.2 Å². The zero-order valence-electron chi connectivity index (χ0n) is 14.3.